The third-order valence-corrected chi connectivity index (χ3v) is 5.85. The van der Waals surface area contributed by atoms with Gasteiger partial charge in [-0.1, -0.05) is 35.9 Å². The molecule has 6 heteroatoms. The second-order valence-electron chi connectivity index (χ2n) is 7.53. The maximum Gasteiger partial charge on any atom is 0.222 e. The highest BCUT2D eigenvalue weighted by molar-refractivity contribution is 6.30. The van der Waals surface area contributed by atoms with Gasteiger partial charge in [0.25, 0.3) is 0 Å². The Hall–Kier alpha value is -2.11. The molecule has 0 saturated carbocycles. The Morgan fingerprint density at radius 2 is 1.93 bits per heavy atom. The van der Waals surface area contributed by atoms with Crippen molar-refractivity contribution in [3.05, 3.63) is 64.4 Å². The molecule has 0 radical (unpaired) electrons. The fourth-order valence-electron chi connectivity index (χ4n) is 4.02. The number of likely N-dealkylation sites (tertiary alicyclic amines) is 1. The molecule has 0 aliphatic carbocycles. The average molecular weight is 388 g/mol. The third-order valence-electron chi connectivity index (χ3n) is 5.61. The lowest BCUT2D eigenvalue weighted by Crippen LogP contribution is -2.52. The minimum Gasteiger partial charge on any atom is -0.379 e. The highest BCUT2D eigenvalue weighted by Crippen LogP contribution is 2.33. The van der Waals surface area contributed by atoms with Crippen LogP contribution in [0.15, 0.2) is 42.5 Å². The fraction of sp³-hybridized carbons (Fsp3) is 0.381. The molecule has 2 aliphatic heterocycles. The lowest BCUT2D eigenvalue weighted by molar-refractivity contribution is -0.122. The van der Waals surface area contributed by atoms with Crippen molar-refractivity contribution in [2.45, 2.75) is 37.9 Å². The van der Waals surface area contributed by atoms with Crippen LogP contribution in [-0.4, -0.2) is 29.4 Å². The summed E-state index contributed by atoms with van der Waals surface area (Å²) in [6.07, 6.45) is 2.14. The molecule has 4 nitrogen and oxygen atoms in total. The highest BCUT2D eigenvalue weighted by atomic mass is 35.5. The van der Waals surface area contributed by atoms with Crippen LogP contribution in [0.2, 0.25) is 5.02 Å². The second kappa shape index (κ2) is 7.49. The van der Waals surface area contributed by atoms with E-state index in [1.807, 2.05) is 18.2 Å². The molecule has 2 aromatic rings. The summed E-state index contributed by atoms with van der Waals surface area (Å²) in [6, 6.07) is 13.0. The Labute approximate surface area is 163 Å². The maximum atomic E-state index is 14.1. The summed E-state index contributed by atoms with van der Waals surface area (Å²) in [4.78, 5) is 14.6. The van der Waals surface area contributed by atoms with Gasteiger partial charge in [-0.05, 0) is 36.6 Å². The molecule has 142 valence electrons. The Morgan fingerprint density at radius 1 is 1.15 bits per heavy atom. The van der Waals surface area contributed by atoms with Crippen LogP contribution >= 0.6 is 11.6 Å². The van der Waals surface area contributed by atoms with Gasteiger partial charge in [0, 0.05) is 54.4 Å². The molecule has 1 saturated heterocycles. The van der Waals surface area contributed by atoms with E-state index in [9.17, 15) is 9.18 Å². The SMILES string of the molecule is O=C1CC2(CCN(Cc3ccc(Cl)cc3F)CC2)Nc2ccccc2CN1. The van der Waals surface area contributed by atoms with E-state index in [1.54, 1.807) is 12.1 Å². The van der Waals surface area contributed by atoms with Crippen LogP contribution in [0.25, 0.3) is 0 Å². The van der Waals surface area contributed by atoms with E-state index in [4.69, 9.17) is 11.6 Å². The number of amides is 1. The minimum atomic E-state index is -0.264. The first-order valence-corrected chi connectivity index (χ1v) is 9.70. The van der Waals surface area contributed by atoms with Gasteiger partial charge in [0.1, 0.15) is 5.82 Å². The summed E-state index contributed by atoms with van der Waals surface area (Å²) < 4.78 is 14.1. The zero-order valence-electron chi connectivity index (χ0n) is 15.1. The first kappa shape index (κ1) is 18.3. The number of anilines is 1. The van der Waals surface area contributed by atoms with Crippen LogP contribution < -0.4 is 10.6 Å². The third kappa shape index (κ3) is 4.09. The minimum absolute atomic E-state index is 0.0780. The Kier molecular flexibility index (Phi) is 5.06. The van der Waals surface area contributed by atoms with Crippen LogP contribution in [0.4, 0.5) is 10.1 Å². The summed E-state index contributed by atoms with van der Waals surface area (Å²) in [5, 5.41) is 7.11. The molecule has 0 unspecified atom stereocenters. The van der Waals surface area contributed by atoms with Gasteiger partial charge in [-0.2, -0.15) is 0 Å². The van der Waals surface area contributed by atoms with Crippen molar-refractivity contribution in [1.82, 2.24) is 10.2 Å². The number of nitrogens with one attached hydrogen (secondary N) is 2. The summed E-state index contributed by atoms with van der Waals surface area (Å²) in [6.45, 7) is 2.73. The van der Waals surface area contributed by atoms with E-state index >= 15 is 0 Å². The lowest BCUT2D eigenvalue weighted by atomic mass is 9.82. The number of hydrogen-bond acceptors (Lipinski definition) is 3. The summed E-state index contributed by atoms with van der Waals surface area (Å²) in [5.41, 5.74) is 2.60. The van der Waals surface area contributed by atoms with Gasteiger partial charge in [0.15, 0.2) is 0 Å². The maximum absolute atomic E-state index is 14.1. The Morgan fingerprint density at radius 3 is 2.70 bits per heavy atom. The molecule has 0 aromatic heterocycles. The number of halogens is 2. The van der Waals surface area contributed by atoms with E-state index in [-0.39, 0.29) is 17.3 Å². The van der Waals surface area contributed by atoms with Crippen LogP contribution in [0, 0.1) is 5.82 Å². The summed E-state index contributed by atoms with van der Waals surface area (Å²) in [7, 11) is 0. The average Bonchev–Trinajstić information content (AvgIpc) is 2.64. The van der Waals surface area contributed by atoms with E-state index in [2.05, 4.69) is 21.6 Å². The van der Waals surface area contributed by atoms with Crippen molar-refractivity contribution < 1.29 is 9.18 Å². The normalized spacial score (nSPS) is 19.6. The van der Waals surface area contributed by atoms with Crippen LogP contribution in [0.3, 0.4) is 0 Å². The second-order valence-corrected chi connectivity index (χ2v) is 7.96. The van der Waals surface area contributed by atoms with Crippen molar-refractivity contribution in [3.63, 3.8) is 0 Å². The number of piperidine rings is 1. The molecule has 1 spiro atoms. The van der Waals surface area contributed by atoms with Crippen molar-refractivity contribution in [2.24, 2.45) is 0 Å². The predicted molar refractivity (Wildman–Crippen MR) is 105 cm³/mol. The lowest BCUT2D eigenvalue weighted by Gasteiger charge is -2.44. The molecule has 1 amide bonds. The molecule has 0 bridgehead atoms. The first-order valence-electron chi connectivity index (χ1n) is 9.32. The van der Waals surface area contributed by atoms with Gasteiger partial charge in [-0.25, -0.2) is 4.39 Å². The number of rotatable bonds is 2. The van der Waals surface area contributed by atoms with Gasteiger partial charge >= 0.3 is 0 Å². The number of hydrogen-bond donors (Lipinski definition) is 2. The standard InChI is InChI=1S/C21H23ClFN3O/c22-17-6-5-16(18(23)11-17)14-26-9-7-21(8-10-26)12-20(27)24-13-15-3-1-2-4-19(15)25-21/h1-6,11,25H,7-10,12-14H2,(H,24,27). The van der Waals surface area contributed by atoms with Gasteiger partial charge in [0.2, 0.25) is 5.91 Å². The number of nitrogens with zero attached hydrogens (tertiary/aromatic N) is 1. The molecular weight excluding hydrogens is 365 g/mol. The van der Waals surface area contributed by atoms with Crippen LogP contribution in [0.1, 0.15) is 30.4 Å². The van der Waals surface area contributed by atoms with E-state index < -0.39 is 0 Å². The molecule has 2 N–H and O–H groups in total. The number of carbonyl (C=O) groups excluding carboxylic acids is 1. The largest absolute Gasteiger partial charge is 0.379 e. The van der Waals surface area contributed by atoms with Crippen molar-refractivity contribution in [1.29, 1.82) is 0 Å². The molecule has 2 aromatic carbocycles. The number of fused-ring (bicyclic) bond motifs is 1. The number of para-hydroxylation sites is 1. The molecular formula is C21H23ClFN3O. The van der Waals surface area contributed by atoms with Crippen molar-refractivity contribution in [2.75, 3.05) is 18.4 Å². The van der Waals surface area contributed by atoms with Crippen LogP contribution in [0.5, 0.6) is 0 Å². The monoisotopic (exact) mass is 387 g/mol. The van der Waals surface area contributed by atoms with E-state index in [0.29, 0.717) is 30.1 Å². The van der Waals surface area contributed by atoms with E-state index in [1.165, 1.54) is 6.07 Å². The number of benzene rings is 2. The van der Waals surface area contributed by atoms with Gasteiger partial charge in [-0.3, -0.25) is 9.69 Å². The smallest absolute Gasteiger partial charge is 0.222 e. The molecule has 0 atom stereocenters. The molecule has 4 rings (SSSR count). The van der Waals surface area contributed by atoms with Crippen molar-refractivity contribution >= 4 is 23.2 Å². The summed E-state index contributed by atoms with van der Waals surface area (Å²) in [5.74, 6) is -0.186. The molecule has 2 aliphatic rings. The topological polar surface area (TPSA) is 44.4 Å². The highest BCUT2D eigenvalue weighted by Gasteiger charge is 2.38. The predicted octanol–water partition coefficient (Wildman–Crippen LogP) is 3.95. The Bertz CT molecular complexity index is 849. The molecule has 1 fully saturated rings. The Balaban J connectivity index is 1.47. The zero-order valence-corrected chi connectivity index (χ0v) is 15.9. The zero-order chi connectivity index (χ0) is 18.9. The fourth-order valence-corrected chi connectivity index (χ4v) is 4.18. The van der Waals surface area contributed by atoms with Crippen molar-refractivity contribution in [3.8, 4) is 0 Å². The number of carbonyl (C=O) groups is 1. The molecule has 27 heavy (non-hydrogen) atoms. The van der Waals surface area contributed by atoms with Gasteiger partial charge in [0.05, 0.1) is 0 Å². The van der Waals surface area contributed by atoms with Gasteiger partial charge in [-0.15, -0.1) is 0 Å². The first-order chi connectivity index (χ1) is 13.0. The van der Waals surface area contributed by atoms with E-state index in [0.717, 1.165) is 37.2 Å². The summed E-state index contributed by atoms with van der Waals surface area (Å²) >= 11 is 5.84. The van der Waals surface area contributed by atoms with Gasteiger partial charge < -0.3 is 10.6 Å². The quantitative estimate of drug-likeness (QED) is 0.820. The molecule has 2 heterocycles. The van der Waals surface area contributed by atoms with Crippen LogP contribution in [-0.2, 0) is 17.9 Å².